The normalized spacial score (nSPS) is 15.7. The third-order valence-electron chi connectivity index (χ3n) is 4.04. The Kier molecular flexibility index (Phi) is 4.78. The molecule has 0 fully saturated rings. The summed E-state index contributed by atoms with van der Waals surface area (Å²) in [6.07, 6.45) is 0. The summed E-state index contributed by atoms with van der Waals surface area (Å²) >= 11 is 7.51. The molecular formula is C21H15ClN2OS. The van der Waals surface area contributed by atoms with Crippen molar-refractivity contribution in [2.75, 3.05) is 0 Å². The van der Waals surface area contributed by atoms with Crippen LogP contribution in [-0.2, 0) is 0 Å². The van der Waals surface area contributed by atoms with Gasteiger partial charge >= 0.3 is 0 Å². The van der Waals surface area contributed by atoms with Gasteiger partial charge in [-0.3, -0.25) is 4.79 Å². The third-order valence-corrected chi connectivity index (χ3v) is 5.47. The van der Waals surface area contributed by atoms with Crippen LogP contribution in [0.5, 0.6) is 0 Å². The Morgan fingerprint density at radius 1 is 0.923 bits per heavy atom. The molecule has 128 valence electrons. The summed E-state index contributed by atoms with van der Waals surface area (Å²) in [5, 5.41) is 3.43. The van der Waals surface area contributed by atoms with Gasteiger partial charge in [0.05, 0.1) is 11.4 Å². The highest BCUT2D eigenvalue weighted by molar-refractivity contribution is 8.00. The summed E-state index contributed by atoms with van der Waals surface area (Å²) in [6.45, 7) is 0. The van der Waals surface area contributed by atoms with Crippen LogP contribution in [0, 0.1) is 0 Å². The molecule has 0 saturated heterocycles. The lowest BCUT2D eigenvalue weighted by Gasteiger charge is -2.25. The van der Waals surface area contributed by atoms with Gasteiger partial charge in [0.1, 0.15) is 5.37 Å². The van der Waals surface area contributed by atoms with E-state index in [9.17, 15) is 4.79 Å². The fourth-order valence-electron chi connectivity index (χ4n) is 2.75. The fourth-order valence-corrected chi connectivity index (χ4v) is 3.98. The van der Waals surface area contributed by atoms with Crippen LogP contribution in [0.15, 0.2) is 88.8 Å². The fraction of sp³-hybridized carbons (Fsp3) is 0.0476. The summed E-state index contributed by atoms with van der Waals surface area (Å²) in [5.74, 6) is -0.151. The molecule has 0 saturated carbocycles. The molecule has 1 aliphatic rings. The van der Waals surface area contributed by atoms with Crippen molar-refractivity contribution in [1.29, 1.82) is 0 Å². The summed E-state index contributed by atoms with van der Waals surface area (Å²) in [4.78, 5) is 18.6. The first-order valence-electron chi connectivity index (χ1n) is 8.17. The molecular weight excluding hydrogens is 364 g/mol. The highest BCUT2D eigenvalue weighted by atomic mass is 35.5. The number of fused-ring (bicyclic) bond motifs is 1. The molecule has 1 atom stereocenters. The molecule has 0 aromatic heterocycles. The molecule has 1 N–H and O–H groups in total. The van der Waals surface area contributed by atoms with Crippen LogP contribution in [-0.4, -0.2) is 17.0 Å². The van der Waals surface area contributed by atoms with Crippen LogP contribution in [0.1, 0.15) is 15.9 Å². The van der Waals surface area contributed by atoms with Crippen molar-refractivity contribution >= 4 is 40.7 Å². The van der Waals surface area contributed by atoms with Crippen LogP contribution in [0.2, 0.25) is 5.02 Å². The first-order valence-corrected chi connectivity index (χ1v) is 9.42. The third kappa shape index (κ3) is 3.52. The highest BCUT2D eigenvalue weighted by Gasteiger charge is 2.26. The van der Waals surface area contributed by atoms with Gasteiger partial charge in [-0.2, -0.15) is 0 Å². The minimum Gasteiger partial charge on any atom is -0.334 e. The number of hydrogen-bond acceptors (Lipinski definition) is 3. The van der Waals surface area contributed by atoms with E-state index in [1.807, 2.05) is 54.6 Å². The zero-order valence-electron chi connectivity index (χ0n) is 13.7. The first-order chi connectivity index (χ1) is 12.7. The molecule has 26 heavy (non-hydrogen) atoms. The van der Waals surface area contributed by atoms with Crippen molar-refractivity contribution in [2.45, 2.75) is 10.3 Å². The number of nitrogens with zero attached hydrogens (tertiary/aromatic N) is 1. The first kappa shape index (κ1) is 16.9. The second kappa shape index (κ2) is 7.36. The number of carbonyl (C=O) groups is 1. The van der Waals surface area contributed by atoms with E-state index in [0.717, 1.165) is 21.9 Å². The molecule has 1 amide bonds. The number of para-hydroxylation sites is 1. The molecule has 0 spiro atoms. The van der Waals surface area contributed by atoms with Gasteiger partial charge in [0.15, 0.2) is 0 Å². The van der Waals surface area contributed by atoms with Gasteiger partial charge in [0, 0.05) is 15.5 Å². The minimum atomic E-state index is -0.268. The average Bonchev–Trinajstić information content (AvgIpc) is 2.68. The zero-order chi connectivity index (χ0) is 17.9. The molecule has 0 aliphatic carbocycles. The molecule has 4 rings (SSSR count). The molecule has 5 heteroatoms. The largest absolute Gasteiger partial charge is 0.334 e. The van der Waals surface area contributed by atoms with E-state index in [0.29, 0.717) is 10.6 Å². The Hall–Kier alpha value is -2.56. The van der Waals surface area contributed by atoms with Crippen LogP contribution in [0.4, 0.5) is 5.69 Å². The monoisotopic (exact) mass is 378 g/mol. The van der Waals surface area contributed by atoms with Crippen LogP contribution in [0.25, 0.3) is 0 Å². The van der Waals surface area contributed by atoms with Crippen molar-refractivity contribution < 1.29 is 4.79 Å². The van der Waals surface area contributed by atoms with Crippen molar-refractivity contribution in [3.63, 3.8) is 0 Å². The number of aliphatic imine (C=N–C) groups is 1. The SMILES string of the molecule is O=C(N[C@H]1Sc2ccccc2N=C1c1ccccc1)c1ccc(Cl)cc1. The van der Waals surface area contributed by atoms with Gasteiger partial charge in [0.25, 0.3) is 5.91 Å². The van der Waals surface area contributed by atoms with Crippen LogP contribution in [0.3, 0.4) is 0 Å². The number of thioether (sulfide) groups is 1. The number of carbonyl (C=O) groups excluding carboxylic acids is 1. The van der Waals surface area contributed by atoms with E-state index in [1.54, 1.807) is 36.0 Å². The number of nitrogens with one attached hydrogen (secondary N) is 1. The standard InChI is InChI=1S/C21H15ClN2OS/c22-16-12-10-15(11-13-16)20(25)24-21-19(14-6-2-1-3-7-14)23-17-8-4-5-9-18(17)26-21/h1-13,21H,(H,24,25)/t21-/m0/s1. The molecule has 3 nitrogen and oxygen atoms in total. The van der Waals surface area contributed by atoms with Crippen molar-refractivity contribution in [1.82, 2.24) is 5.32 Å². The summed E-state index contributed by atoms with van der Waals surface area (Å²) in [7, 11) is 0. The number of benzene rings is 3. The van der Waals surface area contributed by atoms with E-state index in [1.165, 1.54) is 0 Å². The lowest BCUT2D eigenvalue weighted by Crippen LogP contribution is -2.39. The molecule has 1 heterocycles. The second-order valence-electron chi connectivity index (χ2n) is 5.81. The number of halogens is 1. The van der Waals surface area contributed by atoms with E-state index in [4.69, 9.17) is 16.6 Å². The van der Waals surface area contributed by atoms with E-state index < -0.39 is 0 Å². The number of rotatable bonds is 3. The number of hydrogen-bond donors (Lipinski definition) is 1. The molecule has 0 bridgehead atoms. The van der Waals surface area contributed by atoms with Gasteiger partial charge in [-0.15, -0.1) is 0 Å². The van der Waals surface area contributed by atoms with Gasteiger partial charge in [0.2, 0.25) is 0 Å². The van der Waals surface area contributed by atoms with Crippen molar-refractivity contribution in [2.24, 2.45) is 4.99 Å². The topological polar surface area (TPSA) is 41.5 Å². The van der Waals surface area contributed by atoms with Gasteiger partial charge in [-0.25, -0.2) is 4.99 Å². The summed E-state index contributed by atoms with van der Waals surface area (Å²) < 4.78 is 0. The van der Waals surface area contributed by atoms with E-state index >= 15 is 0 Å². The summed E-state index contributed by atoms with van der Waals surface area (Å²) in [5.41, 5.74) is 3.34. The maximum absolute atomic E-state index is 12.7. The molecule has 3 aromatic carbocycles. The van der Waals surface area contributed by atoms with Gasteiger partial charge < -0.3 is 5.32 Å². The Morgan fingerprint density at radius 2 is 1.62 bits per heavy atom. The molecule has 3 aromatic rings. The Bertz CT molecular complexity index is 971. The quantitative estimate of drug-likeness (QED) is 0.669. The lowest BCUT2D eigenvalue weighted by atomic mass is 10.1. The predicted molar refractivity (Wildman–Crippen MR) is 108 cm³/mol. The van der Waals surface area contributed by atoms with Crippen molar-refractivity contribution in [3.05, 3.63) is 95.0 Å². The average molecular weight is 379 g/mol. The number of amides is 1. The van der Waals surface area contributed by atoms with Crippen LogP contribution < -0.4 is 5.32 Å². The molecule has 0 unspecified atom stereocenters. The zero-order valence-corrected chi connectivity index (χ0v) is 15.3. The Labute approximate surface area is 161 Å². The molecule has 0 radical (unpaired) electrons. The van der Waals surface area contributed by atoms with Gasteiger partial charge in [-0.1, -0.05) is 65.8 Å². The van der Waals surface area contributed by atoms with E-state index in [2.05, 4.69) is 5.32 Å². The smallest absolute Gasteiger partial charge is 0.252 e. The highest BCUT2D eigenvalue weighted by Crippen LogP contribution is 2.38. The van der Waals surface area contributed by atoms with Gasteiger partial charge in [-0.05, 0) is 42.0 Å². The Balaban J connectivity index is 1.67. The maximum atomic E-state index is 12.7. The lowest BCUT2D eigenvalue weighted by molar-refractivity contribution is 0.0956. The van der Waals surface area contributed by atoms with Crippen LogP contribution >= 0.6 is 23.4 Å². The predicted octanol–water partition coefficient (Wildman–Crippen LogP) is 5.32. The maximum Gasteiger partial charge on any atom is 0.252 e. The Morgan fingerprint density at radius 3 is 2.38 bits per heavy atom. The molecule has 1 aliphatic heterocycles. The minimum absolute atomic E-state index is 0.151. The van der Waals surface area contributed by atoms with Crippen molar-refractivity contribution in [3.8, 4) is 0 Å². The van der Waals surface area contributed by atoms with E-state index in [-0.39, 0.29) is 11.3 Å². The second-order valence-corrected chi connectivity index (χ2v) is 7.39. The summed E-state index contributed by atoms with van der Waals surface area (Å²) in [6, 6.07) is 24.8.